The number of nitrogens with zero attached hydrogens (tertiary/aromatic N) is 1. The highest BCUT2D eigenvalue weighted by Crippen LogP contribution is 2.26. The Morgan fingerprint density at radius 2 is 2.12 bits per heavy atom. The summed E-state index contributed by atoms with van der Waals surface area (Å²) in [7, 11) is 0. The predicted molar refractivity (Wildman–Crippen MR) is 77.6 cm³/mol. The molecule has 0 saturated heterocycles. The van der Waals surface area contributed by atoms with Crippen molar-refractivity contribution in [3.63, 3.8) is 0 Å². The van der Waals surface area contributed by atoms with E-state index in [2.05, 4.69) is 63.3 Å². The maximum Gasteiger partial charge on any atom is 0.0985 e. The molecule has 1 rings (SSSR count). The van der Waals surface area contributed by atoms with Gasteiger partial charge in [-0.1, -0.05) is 40.2 Å². The van der Waals surface area contributed by atoms with E-state index in [1.807, 2.05) is 0 Å². The standard InChI is InChI=1S/C14H24N2S/c1-10(2)15-8-11(3)7-12-9-17-13(16-12)14(4,5)6/h7,9-10,15H,8H2,1-6H3. The number of hydrogen-bond donors (Lipinski definition) is 1. The third-order valence-electron chi connectivity index (χ3n) is 2.35. The Bertz CT molecular complexity index is 383. The van der Waals surface area contributed by atoms with Crippen LogP contribution in [0.25, 0.3) is 6.08 Å². The van der Waals surface area contributed by atoms with Crippen molar-refractivity contribution in [2.75, 3.05) is 6.54 Å². The summed E-state index contributed by atoms with van der Waals surface area (Å²) in [6, 6.07) is 0.527. The Labute approximate surface area is 109 Å². The molecule has 17 heavy (non-hydrogen) atoms. The summed E-state index contributed by atoms with van der Waals surface area (Å²) in [6.07, 6.45) is 2.17. The zero-order chi connectivity index (χ0) is 13.1. The van der Waals surface area contributed by atoms with Crippen molar-refractivity contribution < 1.29 is 0 Å². The van der Waals surface area contributed by atoms with Gasteiger partial charge in [0.05, 0.1) is 10.7 Å². The Morgan fingerprint density at radius 3 is 2.59 bits per heavy atom. The summed E-state index contributed by atoms with van der Waals surface area (Å²) in [4.78, 5) is 4.66. The minimum absolute atomic E-state index is 0.154. The Morgan fingerprint density at radius 1 is 1.47 bits per heavy atom. The summed E-state index contributed by atoms with van der Waals surface area (Å²) < 4.78 is 0. The van der Waals surface area contributed by atoms with E-state index in [1.54, 1.807) is 11.3 Å². The van der Waals surface area contributed by atoms with Crippen molar-refractivity contribution in [1.82, 2.24) is 10.3 Å². The monoisotopic (exact) mass is 252 g/mol. The van der Waals surface area contributed by atoms with Crippen molar-refractivity contribution in [2.24, 2.45) is 0 Å². The molecule has 0 unspecified atom stereocenters. The normalized spacial score (nSPS) is 13.5. The fourth-order valence-electron chi connectivity index (χ4n) is 1.37. The van der Waals surface area contributed by atoms with Gasteiger partial charge in [-0.25, -0.2) is 4.98 Å². The van der Waals surface area contributed by atoms with Gasteiger partial charge in [0, 0.05) is 23.4 Å². The van der Waals surface area contributed by atoms with Crippen LogP contribution in [0.3, 0.4) is 0 Å². The molecule has 1 aromatic heterocycles. The van der Waals surface area contributed by atoms with Crippen LogP contribution in [0.4, 0.5) is 0 Å². The fourth-order valence-corrected chi connectivity index (χ4v) is 2.23. The van der Waals surface area contributed by atoms with Crippen LogP contribution in [-0.2, 0) is 5.41 Å². The highest BCUT2D eigenvalue weighted by atomic mass is 32.1. The molecule has 0 bridgehead atoms. The summed E-state index contributed by atoms with van der Waals surface area (Å²) in [6.45, 7) is 14.0. The smallest absolute Gasteiger partial charge is 0.0985 e. The van der Waals surface area contributed by atoms with E-state index < -0.39 is 0 Å². The third-order valence-corrected chi connectivity index (χ3v) is 3.63. The molecule has 2 nitrogen and oxygen atoms in total. The molecular weight excluding hydrogens is 228 g/mol. The molecule has 0 amide bonds. The molecular formula is C14H24N2S. The summed E-state index contributed by atoms with van der Waals surface area (Å²) in [5.41, 5.74) is 2.56. The third kappa shape index (κ3) is 5.00. The molecule has 0 aliphatic heterocycles. The molecule has 0 saturated carbocycles. The van der Waals surface area contributed by atoms with E-state index in [9.17, 15) is 0 Å². The molecule has 0 atom stereocenters. The summed E-state index contributed by atoms with van der Waals surface area (Å²) >= 11 is 1.75. The minimum Gasteiger partial charge on any atom is -0.311 e. The quantitative estimate of drug-likeness (QED) is 0.880. The number of nitrogens with one attached hydrogen (secondary N) is 1. The van der Waals surface area contributed by atoms with Gasteiger partial charge in [-0.3, -0.25) is 0 Å². The molecule has 0 aromatic carbocycles. The van der Waals surface area contributed by atoms with Gasteiger partial charge < -0.3 is 5.32 Å². The van der Waals surface area contributed by atoms with Crippen LogP contribution in [0, 0.1) is 0 Å². The van der Waals surface area contributed by atoms with Crippen molar-refractivity contribution in [1.29, 1.82) is 0 Å². The average molecular weight is 252 g/mol. The predicted octanol–water partition coefficient (Wildman–Crippen LogP) is 3.84. The van der Waals surface area contributed by atoms with Crippen LogP contribution in [-0.4, -0.2) is 17.6 Å². The molecule has 0 aliphatic rings. The second-order valence-electron chi connectivity index (χ2n) is 5.85. The first-order valence-electron chi connectivity index (χ1n) is 6.15. The average Bonchev–Trinajstić information content (AvgIpc) is 2.62. The van der Waals surface area contributed by atoms with E-state index in [-0.39, 0.29) is 5.41 Å². The van der Waals surface area contributed by atoms with E-state index in [0.717, 1.165) is 12.2 Å². The Balaban J connectivity index is 2.68. The maximum atomic E-state index is 4.66. The lowest BCUT2D eigenvalue weighted by atomic mass is 9.98. The van der Waals surface area contributed by atoms with Crippen LogP contribution in [0.15, 0.2) is 11.0 Å². The van der Waals surface area contributed by atoms with Gasteiger partial charge in [0.25, 0.3) is 0 Å². The Hall–Kier alpha value is -0.670. The van der Waals surface area contributed by atoms with E-state index >= 15 is 0 Å². The molecule has 0 radical (unpaired) electrons. The van der Waals surface area contributed by atoms with Crippen molar-refractivity contribution in [3.05, 3.63) is 21.7 Å². The van der Waals surface area contributed by atoms with Crippen LogP contribution in [0.2, 0.25) is 0 Å². The second kappa shape index (κ2) is 5.78. The van der Waals surface area contributed by atoms with Gasteiger partial charge in [0.1, 0.15) is 0 Å². The number of thiazole rings is 1. The first-order chi connectivity index (χ1) is 7.79. The topological polar surface area (TPSA) is 24.9 Å². The lowest BCUT2D eigenvalue weighted by molar-refractivity contribution is 0.585. The molecule has 1 N–H and O–H groups in total. The first kappa shape index (κ1) is 14.4. The van der Waals surface area contributed by atoms with Gasteiger partial charge in [0.15, 0.2) is 0 Å². The van der Waals surface area contributed by atoms with Gasteiger partial charge in [-0.2, -0.15) is 0 Å². The fraction of sp³-hybridized carbons (Fsp3) is 0.643. The van der Waals surface area contributed by atoms with Gasteiger partial charge in [0.2, 0.25) is 0 Å². The van der Waals surface area contributed by atoms with E-state index in [1.165, 1.54) is 10.6 Å². The van der Waals surface area contributed by atoms with Crippen LogP contribution < -0.4 is 5.32 Å². The van der Waals surface area contributed by atoms with Crippen LogP contribution in [0.5, 0.6) is 0 Å². The molecule has 3 heteroatoms. The van der Waals surface area contributed by atoms with E-state index in [4.69, 9.17) is 0 Å². The summed E-state index contributed by atoms with van der Waals surface area (Å²) in [5, 5.41) is 6.75. The Kier molecular flexibility index (Phi) is 4.90. The van der Waals surface area contributed by atoms with Gasteiger partial charge >= 0.3 is 0 Å². The molecule has 0 spiro atoms. The number of rotatable bonds is 4. The van der Waals surface area contributed by atoms with Crippen molar-refractivity contribution >= 4 is 17.4 Å². The minimum atomic E-state index is 0.154. The zero-order valence-corrected chi connectivity index (χ0v) is 12.6. The second-order valence-corrected chi connectivity index (χ2v) is 6.71. The molecule has 0 aliphatic carbocycles. The SMILES string of the molecule is CC(=Cc1csc(C(C)(C)C)n1)CNC(C)C. The molecule has 96 valence electrons. The molecule has 1 aromatic rings. The van der Waals surface area contributed by atoms with Gasteiger partial charge in [-0.15, -0.1) is 11.3 Å². The zero-order valence-electron chi connectivity index (χ0n) is 11.8. The first-order valence-corrected chi connectivity index (χ1v) is 7.03. The van der Waals surface area contributed by atoms with Crippen molar-refractivity contribution in [3.8, 4) is 0 Å². The molecule has 0 fully saturated rings. The molecule has 1 heterocycles. The lowest BCUT2D eigenvalue weighted by Gasteiger charge is -2.13. The summed E-state index contributed by atoms with van der Waals surface area (Å²) in [5.74, 6) is 0. The number of hydrogen-bond acceptors (Lipinski definition) is 3. The van der Waals surface area contributed by atoms with Gasteiger partial charge in [-0.05, 0) is 13.0 Å². The highest BCUT2D eigenvalue weighted by Gasteiger charge is 2.17. The maximum absolute atomic E-state index is 4.66. The van der Waals surface area contributed by atoms with Crippen LogP contribution >= 0.6 is 11.3 Å². The lowest BCUT2D eigenvalue weighted by Crippen LogP contribution is -2.24. The van der Waals surface area contributed by atoms with E-state index in [0.29, 0.717) is 6.04 Å². The number of aromatic nitrogens is 1. The van der Waals surface area contributed by atoms with Crippen molar-refractivity contribution in [2.45, 2.75) is 53.0 Å². The van der Waals surface area contributed by atoms with Crippen LogP contribution in [0.1, 0.15) is 52.2 Å². The highest BCUT2D eigenvalue weighted by molar-refractivity contribution is 7.09. The largest absolute Gasteiger partial charge is 0.311 e.